The van der Waals surface area contributed by atoms with Crippen LogP contribution in [0.3, 0.4) is 0 Å². The lowest BCUT2D eigenvalue weighted by molar-refractivity contribution is -0.174. The number of halogens is 3. The summed E-state index contributed by atoms with van der Waals surface area (Å²) in [7, 11) is 1.49. The normalized spacial score (nSPS) is 16.3. The highest BCUT2D eigenvalue weighted by atomic mass is 32.1. The maximum Gasteiger partial charge on any atom is 0.404 e. The molecular formula is C97H86F3N19O9S4. The number of hydrogen-bond acceptors (Lipinski definition) is 24. The van der Waals surface area contributed by atoms with Crippen molar-refractivity contribution in [3.8, 4) is 28.7 Å². The number of amides is 4. The minimum atomic E-state index is -2.18. The van der Waals surface area contributed by atoms with Crippen molar-refractivity contribution in [1.82, 2.24) is 63.1 Å². The number of anilines is 6. The minimum Gasteiger partial charge on any atom is -0.497 e. The first-order chi connectivity index (χ1) is 64.2. The molecule has 4 aliphatic rings. The van der Waals surface area contributed by atoms with E-state index in [2.05, 4.69) is 66.0 Å². The zero-order valence-corrected chi connectivity index (χ0v) is 74.9. The molecular weight excluding hydrogens is 1760 g/mol. The maximum absolute atomic E-state index is 14.4. The fraction of sp³-hybridized carbons (Fsp3) is 0.186. The lowest BCUT2D eigenvalue weighted by atomic mass is 10.1. The Balaban J connectivity index is 0.000000123. The lowest BCUT2D eigenvalue weighted by Crippen LogP contribution is -2.28. The van der Waals surface area contributed by atoms with Gasteiger partial charge < -0.3 is 51.8 Å². The molecule has 0 bridgehead atoms. The highest BCUT2D eigenvalue weighted by molar-refractivity contribution is 7.15. The van der Waals surface area contributed by atoms with Gasteiger partial charge in [0.1, 0.15) is 34.3 Å². The van der Waals surface area contributed by atoms with Gasteiger partial charge in [-0.25, -0.2) is 24.3 Å². The molecule has 0 aliphatic carbocycles. The second-order valence-electron chi connectivity index (χ2n) is 31.0. The van der Waals surface area contributed by atoms with E-state index in [1.807, 2.05) is 194 Å². The van der Waals surface area contributed by atoms with E-state index >= 15 is 0 Å². The molecule has 13 aromatic heterocycles. The predicted molar refractivity (Wildman–Crippen MR) is 504 cm³/mol. The summed E-state index contributed by atoms with van der Waals surface area (Å²) >= 11 is 5.49. The molecule has 0 saturated carbocycles. The van der Waals surface area contributed by atoms with Crippen molar-refractivity contribution in [2.45, 2.75) is 96.8 Å². The summed E-state index contributed by atoms with van der Waals surface area (Å²) in [4.78, 5) is 94.7. The first-order valence-electron chi connectivity index (χ1n) is 42.0. The Hall–Kier alpha value is -15.2. The molecule has 2 saturated heterocycles. The standard InChI is InChI=1S/2C26H24FN5O3S.C23H19FN4O2S.C22H19N5OS/c1-26(27)34-22-8-2-5-20(23(22)35-26)32-14-4-6-19(32)18-16-36-25(29-18)30-24(33)21-7-3-13-31(21)15-17-9-11-28-12-10-17;1-26(27)34-22-7-6-18(14-23(22)35-26)32-13-3-4-20(32)19-16-36-25(29-19)30-24(33)21-5-2-12-31(21)15-17-8-10-28-11-9-17;1-30-19-7-5-17(20(24)13-19)4-6-18-15-31-23(26-18)27-22(29)21-3-2-12-28(21)14-16-8-10-25-11-9-16;1-16-4-5-18(24-13-16)6-7-19-15-29-22(25-19)26-21(28)20-3-2-12-27(20)14-17-8-10-23-11-9-17/h2-3,5,7-13,16,19H,4,6,14-15H2,1H3,(H,29,30,33);2,5-12,14,16,20H,3-4,13,15H2,1H3,(H,29,30,33);2-13,15H,14H2,1H3,(H,26,27,29);2-13,15H,14H2,1H3,(H,25,26,28)/b;;6-4+;7-6+. The number of alkyl halides is 2. The molecule has 35 heteroatoms. The second kappa shape index (κ2) is 40.6. The number of benzene rings is 3. The Kier molecular flexibility index (Phi) is 27.3. The molecule has 28 nitrogen and oxygen atoms in total. The van der Waals surface area contributed by atoms with Gasteiger partial charge in [-0.05, 0) is 224 Å². The van der Waals surface area contributed by atoms with Gasteiger partial charge in [0, 0.05) is 179 Å². The first kappa shape index (κ1) is 88.8. The number of pyridine rings is 5. The fourth-order valence-corrected chi connectivity index (χ4v) is 18.1. The summed E-state index contributed by atoms with van der Waals surface area (Å²) in [6.45, 7) is 8.45. The average molecular weight is 1850 g/mol. The van der Waals surface area contributed by atoms with Crippen LogP contribution in [0.5, 0.6) is 28.7 Å². The van der Waals surface area contributed by atoms with Crippen molar-refractivity contribution < 1.29 is 56.0 Å². The number of rotatable bonds is 25. The molecule has 132 heavy (non-hydrogen) atoms. The van der Waals surface area contributed by atoms with Crippen LogP contribution >= 0.6 is 45.3 Å². The monoisotopic (exact) mass is 1850 g/mol. The van der Waals surface area contributed by atoms with E-state index in [0.717, 1.165) is 101 Å². The zero-order chi connectivity index (χ0) is 91.1. The molecule has 2 fully saturated rings. The Labute approximate surface area is 772 Å². The highest BCUT2D eigenvalue weighted by Gasteiger charge is 2.42. The Morgan fingerprint density at radius 2 is 0.879 bits per heavy atom. The summed E-state index contributed by atoms with van der Waals surface area (Å²) in [6, 6.07) is 45.2. The molecule has 4 amide bonds. The molecule has 4 atom stereocenters. The van der Waals surface area contributed by atoms with E-state index in [1.165, 1.54) is 72.4 Å². The summed E-state index contributed by atoms with van der Waals surface area (Å²) < 4.78 is 76.3. The van der Waals surface area contributed by atoms with E-state index < -0.39 is 12.1 Å². The van der Waals surface area contributed by atoms with E-state index in [0.29, 0.717) is 109 Å². The number of nitrogens with one attached hydrogen (secondary N) is 4. The van der Waals surface area contributed by atoms with Crippen LogP contribution in [0.15, 0.2) is 266 Å². The molecule has 4 unspecified atom stereocenters. The third kappa shape index (κ3) is 22.2. The van der Waals surface area contributed by atoms with Crippen LogP contribution in [0.2, 0.25) is 0 Å². The predicted octanol–water partition coefficient (Wildman–Crippen LogP) is 20.3. The van der Waals surface area contributed by atoms with Gasteiger partial charge in [0.15, 0.2) is 43.5 Å². The summed E-state index contributed by atoms with van der Waals surface area (Å²) in [5, 5.41) is 21.4. The summed E-state index contributed by atoms with van der Waals surface area (Å²) in [5.41, 5.74) is 13.8. The van der Waals surface area contributed by atoms with Crippen molar-refractivity contribution in [2.24, 2.45) is 0 Å². The van der Waals surface area contributed by atoms with Gasteiger partial charge in [0.05, 0.1) is 53.4 Å². The molecule has 16 aromatic rings. The maximum atomic E-state index is 14.4. The molecule has 17 heterocycles. The molecule has 668 valence electrons. The van der Waals surface area contributed by atoms with Gasteiger partial charge in [0.25, 0.3) is 23.6 Å². The molecule has 4 N–H and O–H groups in total. The number of ether oxygens (including phenoxy) is 5. The van der Waals surface area contributed by atoms with Crippen LogP contribution in [-0.2, 0) is 26.2 Å². The summed E-state index contributed by atoms with van der Waals surface area (Å²) in [6.07, 6.45) is 34.1. The van der Waals surface area contributed by atoms with E-state index in [1.54, 1.807) is 116 Å². The van der Waals surface area contributed by atoms with Crippen molar-refractivity contribution in [3.05, 3.63) is 356 Å². The summed E-state index contributed by atoms with van der Waals surface area (Å²) in [5.74, 6) is 0.819. The van der Waals surface area contributed by atoms with Gasteiger partial charge in [0.2, 0.25) is 0 Å². The number of thiazole rings is 4. The Bertz CT molecular complexity index is 6760. The van der Waals surface area contributed by atoms with Gasteiger partial charge >= 0.3 is 12.1 Å². The van der Waals surface area contributed by atoms with Gasteiger partial charge in [-0.3, -0.25) is 65.4 Å². The Morgan fingerprint density at radius 3 is 1.34 bits per heavy atom. The topological polar surface area (TPSA) is 305 Å². The van der Waals surface area contributed by atoms with E-state index in [4.69, 9.17) is 33.7 Å². The molecule has 20 rings (SSSR count). The van der Waals surface area contributed by atoms with Crippen molar-refractivity contribution >= 4 is 125 Å². The minimum absolute atomic E-state index is 0.0102. The zero-order valence-electron chi connectivity index (χ0n) is 71.6. The fourth-order valence-electron chi connectivity index (χ4n) is 15.3. The van der Waals surface area contributed by atoms with Gasteiger partial charge in [-0.1, -0.05) is 12.1 Å². The number of para-hydroxylation sites is 1. The molecule has 4 aliphatic heterocycles. The Morgan fingerprint density at radius 1 is 0.455 bits per heavy atom. The smallest absolute Gasteiger partial charge is 0.404 e. The van der Waals surface area contributed by atoms with Crippen LogP contribution in [0.1, 0.15) is 155 Å². The van der Waals surface area contributed by atoms with Crippen LogP contribution in [0.4, 0.5) is 45.1 Å². The molecule has 0 spiro atoms. The van der Waals surface area contributed by atoms with Gasteiger partial charge in [-0.15, -0.1) is 45.3 Å². The van der Waals surface area contributed by atoms with Gasteiger partial charge in [-0.2, -0.15) is 8.78 Å². The SMILES string of the molecule is CC1(F)Oc2ccc(N3CCCC3c3csc(NC(=O)c4cccn4Cc4ccncc4)n3)cc2O1.CC1(F)Oc2cccc(N3CCCC3c3csc(NC(=O)c4cccn4Cc4ccncc4)n3)c2O1.COc1ccc(/C=C/c2csc(NC(=O)c3cccn3Cc3ccncc3)n2)c(F)c1.Cc1ccc(/C=C/c2csc(NC(=O)c3cccn3Cc3ccncc3)n2)nc1. The van der Waals surface area contributed by atoms with Crippen LogP contribution in [-0.4, -0.2) is 119 Å². The van der Waals surface area contributed by atoms with E-state index in [-0.39, 0.29) is 41.5 Å². The molecule has 3 aromatic carbocycles. The number of aryl methyl sites for hydroxylation is 1. The third-order valence-corrected chi connectivity index (χ3v) is 24.6. The number of nitrogens with zero attached hydrogens (tertiary/aromatic N) is 15. The van der Waals surface area contributed by atoms with E-state index in [9.17, 15) is 32.3 Å². The second-order valence-corrected chi connectivity index (χ2v) is 34.4. The number of hydrogen-bond donors (Lipinski definition) is 4. The molecule has 0 radical (unpaired) electrons. The van der Waals surface area contributed by atoms with Crippen LogP contribution in [0, 0.1) is 12.7 Å². The lowest BCUT2D eigenvalue weighted by Gasteiger charge is -2.26. The van der Waals surface area contributed by atoms with Crippen molar-refractivity contribution in [3.63, 3.8) is 0 Å². The van der Waals surface area contributed by atoms with Crippen LogP contribution < -0.4 is 54.8 Å². The number of aromatic nitrogens is 13. The number of methoxy groups -OCH3 is 1. The number of carbonyl (C=O) groups excluding carboxylic acids is 4. The van der Waals surface area contributed by atoms with Crippen molar-refractivity contribution in [2.75, 3.05) is 51.3 Å². The average Bonchev–Trinajstić information content (AvgIpc) is 1.59. The quantitative estimate of drug-likeness (QED) is 0.0413. The first-order valence-corrected chi connectivity index (χ1v) is 45.5. The largest absolute Gasteiger partial charge is 0.497 e. The highest BCUT2D eigenvalue weighted by Crippen LogP contribution is 2.51. The third-order valence-electron chi connectivity index (χ3n) is 21.5. The van der Waals surface area contributed by atoms with Crippen molar-refractivity contribution in [1.29, 1.82) is 0 Å². The number of carbonyl (C=O) groups is 4. The number of fused-ring (bicyclic) bond motifs is 2. The van der Waals surface area contributed by atoms with Crippen LogP contribution in [0.25, 0.3) is 24.3 Å².